The molecule has 1 saturated heterocycles. The van der Waals surface area contributed by atoms with E-state index in [1.165, 1.54) is 38.5 Å². The Morgan fingerprint density at radius 1 is 0.857 bits per heavy atom. The second-order valence-electron chi connectivity index (χ2n) is 10.6. The molecular formula is C23H37NO4. The predicted octanol–water partition coefficient (Wildman–Crippen LogP) is 5.80. The van der Waals surface area contributed by atoms with Crippen molar-refractivity contribution >= 4 is 5.71 Å². The van der Waals surface area contributed by atoms with Crippen LogP contribution in [0.5, 0.6) is 0 Å². The third kappa shape index (κ3) is 3.63. The minimum absolute atomic E-state index is 0.475. The Morgan fingerprint density at radius 3 is 2.14 bits per heavy atom. The predicted molar refractivity (Wildman–Crippen MR) is 106 cm³/mol. The first kappa shape index (κ1) is 19.3. The Bertz CT molecular complexity index is 577. The van der Waals surface area contributed by atoms with Crippen LogP contribution in [0.15, 0.2) is 5.16 Å². The molecule has 0 aromatic heterocycles. The van der Waals surface area contributed by atoms with Gasteiger partial charge >= 0.3 is 0 Å². The van der Waals surface area contributed by atoms with Gasteiger partial charge in [0.05, 0.1) is 5.71 Å². The Labute approximate surface area is 169 Å². The van der Waals surface area contributed by atoms with E-state index in [4.69, 9.17) is 19.7 Å². The van der Waals surface area contributed by atoms with E-state index < -0.39 is 11.6 Å². The average Bonchev–Trinajstić information content (AvgIpc) is 3.06. The van der Waals surface area contributed by atoms with Crippen LogP contribution in [0.25, 0.3) is 0 Å². The third-order valence-electron chi connectivity index (χ3n) is 8.82. The minimum Gasteiger partial charge on any atom is -0.411 e. The van der Waals surface area contributed by atoms with Gasteiger partial charge in [0.25, 0.3) is 0 Å². The molecule has 4 saturated carbocycles. The molecule has 5 rings (SSSR count). The Kier molecular flexibility index (Phi) is 5.21. The molecule has 0 aromatic rings. The number of nitrogens with zero attached hydrogens (tertiary/aromatic N) is 1. The minimum atomic E-state index is -0.557. The van der Waals surface area contributed by atoms with E-state index in [-0.39, 0.29) is 0 Å². The Hall–Kier alpha value is -0.650. The van der Waals surface area contributed by atoms with Crippen molar-refractivity contribution in [1.82, 2.24) is 0 Å². The zero-order valence-electron chi connectivity index (χ0n) is 17.4. The maximum absolute atomic E-state index is 8.98. The summed E-state index contributed by atoms with van der Waals surface area (Å²) in [5, 5.41) is 12.4. The summed E-state index contributed by atoms with van der Waals surface area (Å²) >= 11 is 0. The van der Waals surface area contributed by atoms with Crippen molar-refractivity contribution in [1.29, 1.82) is 0 Å². The molecule has 1 N–H and O–H groups in total. The topological polar surface area (TPSA) is 60.3 Å². The summed E-state index contributed by atoms with van der Waals surface area (Å²) < 4.78 is 6.66. The second-order valence-corrected chi connectivity index (χ2v) is 10.6. The van der Waals surface area contributed by atoms with Gasteiger partial charge in [0.1, 0.15) is 0 Å². The number of rotatable bonds is 2. The summed E-state index contributed by atoms with van der Waals surface area (Å²) in [7, 11) is 0. The van der Waals surface area contributed by atoms with E-state index in [0.717, 1.165) is 80.7 Å². The van der Waals surface area contributed by atoms with E-state index in [1.807, 2.05) is 0 Å². The molecular weight excluding hydrogens is 354 g/mol. The maximum Gasteiger partial charge on any atom is 0.204 e. The van der Waals surface area contributed by atoms with Crippen LogP contribution >= 0.6 is 0 Å². The van der Waals surface area contributed by atoms with Crippen LogP contribution in [0.3, 0.4) is 0 Å². The molecule has 158 valence electrons. The standard InChI is InChI=1S/C23H37NO4/c1-22(20-14-16-3-2-4-17(13-16)15-20)26-23(28-27-22)11-9-19(10-12-23)18-5-7-21(24-25)8-6-18/h16-20,25H,2-15H2,1H3/t16?,17?,18?,19-,20?,22-,23+/m0/s1. The Balaban J connectivity index is 1.17. The number of oxime groups is 1. The van der Waals surface area contributed by atoms with Crippen molar-refractivity contribution in [2.24, 2.45) is 34.7 Å². The van der Waals surface area contributed by atoms with E-state index in [2.05, 4.69) is 12.1 Å². The number of ether oxygens (including phenoxy) is 1. The summed E-state index contributed by atoms with van der Waals surface area (Å²) in [4.78, 5) is 12.0. The number of hydrogen-bond donors (Lipinski definition) is 1. The lowest BCUT2D eigenvalue weighted by Crippen LogP contribution is -2.45. The highest BCUT2D eigenvalue weighted by Gasteiger charge is 2.56. The summed E-state index contributed by atoms with van der Waals surface area (Å²) in [5.74, 6) is 2.65. The molecule has 2 bridgehead atoms. The molecule has 4 aliphatic carbocycles. The van der Waals surface area contributed by atoms with Crippen molar-refractivity contribution in [3.05, 3.63) is 0 Å². The SMILES string of the molecule is C[C@@]1(C2CC3CCCC(C3)C2)OO[C@]2(CC[C@@H](C3CCC(=NO)CC3)CC2)O1. The van der Waals surface area contributed by atoms with Crippen LogP contribution in [-0.4, -0.2) is 22.5 Å². The fourth-order valence-corrected chi connectivity index (χ4v) is 7.15. The lowest BCUT2D eigenvalue weighted by molar-refractivity contribution is -0.362. The van der Waals surface area contributed by atoms with Gasteiger partial charge in [-0.1, -0.05) is 24.4 Å². The van der Waals surface area contributed by atoms with Crippen LogP contribution < -0.4 is 0 Å². The van der Waals surface area contributed by atoms with Gasteiger partial charge in [-0.05, 0) is 88.4 Å². The zero-order chi connectivity index (χ0) is 19.2. The molecule has 5 heteroatoms. The quantitative estimate of drug-likeness (QED) is 0.367. The zero-order valence-corrected chi connectivity index (χ0v) is 17.4. The van der Waals surface area contributed by atoms with E-state index in [1.54, 1.807) is 0 Å². The molecule has 2 unspecified atom stereocenters. The van der Waals surface area contributed by atoms with Crippen LogP contribution in [0.4, 0.5) is 0 Å². The molecule has 1 heterocycles. The highest BCUT2D eigenvalue weighted by molar-refractivity contribution is 5.84. The molecule has 28 heavy (non-hydrogen) atoms. The molecule has 0 amide bonds. The van der Waals surface area contributed by atoms with E-state index >= 15 is 0 Å². The van der Waals surface area contributed by atoms with Crippen molar-refractivity contribution in [3.63, 3.8) is 0 Å². The lowest BCUT2D eigenvalue weighted by atomic mass is 9.66. The van der Waals surface area contributed by atoms with Gasteiger partial charge in [-0.3, -0.25) is 0 Å². The van der Waals surface area contributed by atoms with Gasteiger partial charge in [0.15, 0.2) is 0 Å². The molecule has 5 nitrogen and oxygen atoms in total. The molecule has 1 aliphatic heterocycles. The average molecular weight is 392 g/mol. The maximum atomic E-state index is 8.98. The van der Waals surface area contributed by atoms with Gasteiger partial charge < -0.3 is 9.94 Å². The van der Waals surface area contributed by atoms with E-state index in [9.17, 15) is 0 Å². The van der Waals surface area contributed by atoms with Gasteiger partial charge in [-0.2, -0.15) is 9.78 Å². The molecule has 3 atom stereocenters. The summed E-state index contributed by atoms with van der Waals surface area (Å²) in [5.41, 5.74) is 0.979. The molecule has 5 aliphatic rings. The monoisotopic (exact) mass is 391 g/mol. The van der Waals surface area contributed by atoms with Gasteiger partial charge in [0.2, 0.25) is 11.6 Å². The fraction of sp³-hybridized carbons (Fsp3) is 0.957. The summed E-state index contributed by atoms with van der Waals surface area (Å²) in [6.45, 7) is 2.14. The van der Waals surface area contributed by atoms with Crippen LogP contribution in [0.2, 0.25) is 0 Å². The summed E-state index contributed by atoms with van der Waals surface area (Å²) in [6, 6.07) is 0. The van der Waals surface area contributed by atoms with Gasteiger partial charge in [-0.25, -0.2) is 0 Å². The normalized spacial score (nSPS) is 49.3. The van der Waals surface area contributed by atoms with Crippen LogP contribution in [0.1, 0.15) is 96.8 Å². The Morgan fingerprint density at radius 2 is 1.50 bits per heavy atom. The van der Waals surface area contributed by atoms with E-state index in [0.29, 0.717) is 5.92 Å². The molecule has 5 fully saturated rings. The number of fused-ring (bicyclic) bond motifs is 2. The molecule has 0 aromatic carbocycles. The van der Waals surface area contributed by atoms with Gasteiger partial charge in [-0.15, -0.1) is 0 Å². The highest BCUT2D eigenvalue weighted by atomic mass is 17.3. The molecule has 0 radical (unpaired) electrons. The van der Waals surface area contributed by atoms with Crippen LogP contribution in [0, 0.1) is 29.6 Å². The third-order valence-corrected chi connectivity index (χ3v) is 8.82. The first-order valence-corrected chi connectivity index (χ1v) is 11.8. The van der Waals surface area contributed by atoms with Gasteiger partial charge in [0, 0.05) is 18.8 Å². The molecule has 1 spiro atoms. The largest absolute Gasteiger partial charge is 0.411 e. The smallest absolute Gasteiger partial charge is 0.204 e. The highest BCUT2D eigenvalue weighted by Crippen LogP contribution is 2.53. The summed E-state index contributed by atoms with van der Waals surface area (Å²) in [6.07, 6.45) is 16.6. The number of hydrogen-bond acceptors (Lipinski definition) is 5. The fourth-order valence-electron chi connectivity index (χ4n) is 7.15. The van der Waals surface area contributed by atoms with Crippen molar-refractivity contribution in [2.45, 2.75) is 108 Å². The first-order chi connectivity index (χ1) is 13.6. The first-order valence-electron chi connectivity index (χ1n) is 11.8. The van der Waals surface area contributed by atoms with Crippen molar-refractivity contribution in [2.75, 3.05) is 0 Å². The van der Waals surface area contributed by atoms with Crippen LogP contribution in [-0.2, 0) is 14.5 Å². The lowest BCUT2D eigenvalue weighted by Gasteiger charge is -2.44. The van der Waals surface area contributed by atoms with Crippen molar-refractivity contribution in [3.8, 4) is 0 Å². The van der Waals surface area contributed by atoms with Crippen molar-refractivity contribution < 1.29 is 19.7 Å². The second kappa shape index (κ2) is 7.55.